The van der Waals surface area contributed by atoms with E-state index in [0.717, 1.165) is 22.3 Å². The van der Waals surface area contributed by atoms with E-state index < -0.39 is 0 Å². The van der Waals surface area contributed by atoms with Crippen LogP contribution in [0.5, 0.6) is 0 Å². The van der Waals surface area contributed by atoms with Gasteiger partial charge in [-0.3, -0.25) is 5.41 Å². The van der Waals surface area contributed by atoms with Crippen LogP contribution in [-0.2, 0) is 0 Å². The zero-order valence-corrected chi connectivity index (χ0v) is 11.6. The van der Waals surface area contributed by atoms with Crippen molar-refractivity contribution in [2.24, 2.45) is 5.73 Å². The molecule has 0 amide bonds. The molecule has 0 bridgehead atoms. The second kappa shape index (κ2) is 5.63. The average Bonchev–Trinajstić information content (AvgIpc) is 2.54. The second-order valence-electron chi connectivity index (χ2n) is 4.88. The highest BCUT2D eigenvalue weighted by Gasteiger charge is 2.16. The molecule has 2 aromatic carbocycles. The Morgan fingerprint density at radius 2 is 1.33 bits per heavy atom. The highest BCUT2D eigenvalue weighted by atomic mass is 14.6. The predicted molar refractivity (Wildman–Crippen MR) is 88.0 cm³/mol. The van der Waals surface area contributed by atoms with Crippen LogP contribution in [0.4, 0.5) is 0 Å². The molecule has 0 saturated carbocycles. The van der Waals surface area contributed by atoms with E-state index in [2.05, 4.69) is 24.3 Å². The summed E-state index contributed by atoms with van der Waals surface area (Å²) in [6.07, 6.45) is 5.61. The van der Waals surface area contributed by atoms with Crippen LogP contribution in [-0.4, -0.2) is 5.71 Å². The molecule has 0 aliphatic heterocycles. The van der Waals surface area contributed by atoms with E-state index in [1.165, 1.54) is 0 Å². The monoisotopic (exact) mass is 272 g/mol. The minimum atomic E-state index is 0.375. The first kappa shape index (κ1) is 13.1. The van der Waals surface area contributed by atoms with Crippen molar-refractivity contribution in [3.63, 3.8) is 0 Å². The van der Waals surface area contributed by atoms with Gasteiger partial charge in [-0.05, 0) is 22.8 Å². The third-order valence-electron chi connectivity index (χ3n) is 3.49. The summed E-state index contributed by atoms with van der Waals surface area (Å²) in [5, 5.41) is 8.28. The fraction of sp³-hybridized carbons (Fsp3) is 0. The van der Waals surface area contributed by atoms with Gasteiger partial charge in [-0.2, -0.15) is 0 Å². The second-order valence-corrected chi connectivity index (χ2v) is 4.88. The highest BCUT2D eigenvalue weighted by molar-refractivity contribution is 6.18. The molecule has 2 nitrogen and oxygen atoms in total. The van der Waals surface area contributed by atoms with Gasteiger partial charge in [0.15, 0.2) is 0 Å². The van der Waals surface area contributed by atoms with Crippen LogP contribution in [0.2, 0.25) is 0 Å². The smallest absolute Gasteiger partial charge is 0.0847 e. The molecule has 0 aromatic heterocycles. The minimum Gasteiger partial charge on any atom is -0.397 e. The van der Waals surface area contributed by atoms with E-state index in [9.17, 15) is 0 Å². The van der Waals surface area contributed by atoms with Gasteiger partial charge in [0.2, 0.25) is 0 Å². The molecule has 0 fully saturated rings. The lowest BCUT2D eigenvalue weighted by Gasteiger charge is -2.17. The van der Waals surface area contributed by atoms with Crippen molar-refractivity contribution in [3.8, 4) is 0 Å². The van der Waals surface area contributed by atoms with Crippen LogP contribution in [0, 0.1) is 5.41 Å². The molecule has 0 saturated heterocycles. The van der Waals surface area contributed by atoms with Crippen LogP contribution in [0.25, 0.3) is 5.57 Å². The van der Waals surface area contributed by atoms with E-state index in [1.54, 1.807) is 6.08 Å². The lowest BCUT2D eigenvalue weighted by Crippen LogP contribution is -2.15. The maximum absolute atomic E-state index is 8.28. The first-order valence-corrected chi connectivity index (χ1v) is 6.85. The zero-order valence-electron chi connectivity index (χ0n) is 11.6. The van der Waals surface area contributed by atoms with Crippen molar-refractivity contribution in [2.75, 3.05) is 0 Å². The SMILES string of the molecule is N=C1C(N)=CC=CC1=C(c1ccccc1)c1ccccc1. The summed E-state index contributed by atoms with van der Waals surface area (Å²) in [5.41, 5.74) is 10.8. The Hall–Kier alpha value is -2.87. The molecule has 2 heteroatoms. The van der Waals surface area contributed by atoms with E-state index in [0.29, 0.717) is 11.4 Å². The Morgan fingerprint density at radius 1 is 0.810 bits per heavy atom. The lowest BCUT2D eigenvalue weighted by atomic mass is 9.88. The van der Waals surface area contributed by atoms with Gasteiger partial charge in [-0.1, -0.05) is 72.8 Å². The van der Waals surface area contributed by atoms with Crippen LogP contribution < -0.4 is 5.73 Å². The number of rotatable bonds is 2. The van der Waals surface area contributed by atoms with E-state index >= 15 is 0 Å². The van der Waals surface area contributed by atoms with E-state index in [4.69, 9.17) is 11.1 Å². The molecule has 0 spiro atoms. The Balaban J connectivity index is 2.26. The minimum absolute atomic E-state index is 0.375. The first-order valence-electron chi connectivity index (χ1n) is 6.85. The molecule has 102 valence electrons. The van der Waals surface area contributed by atoms with Crippen molar-refractivity contribution in [2.45, 2.75) is 0 Å². The summed E-state index contributed by atoms with van der Waals surface area (Å²) in [6.45, 7) is 0. The van der Waals surface area contributed by atoms with Gasteiger partial charge >= 0.3 is 0 Å². The van der Waals surface area contributed by atoms with Crippen LogP contribution >= 0.6 is 0 Å². The Kier molecular flexibility index (Phi) is 3.52. The summed E-state index contributed by atoms with van der Waals surface area (Å²) in [6, 6.07) is 20.3. The topological polar surface area (TPSA) is 49.9 Å². The molecular weight excluding hydrogens is 256 g/mol. The molecule has 2 aromatic rings. The van der Waals surface area contributed by atoms with Gasteiger partial charge in [-0.15, -0.1) is 0 Å². The summed E-state index contributed by atoms with van der Waals surface area (Å²) in [4.78, 5) is 0. The fourth-order valence-corrected chi connectivity index (χ4v) is 2.47. The van der Waals surface area contributed by atoms with Crippen molar-refractivity contribution in [1.29, 1.82) is 5.41 Å². The average molecular weight is 272 g/mol. The molecule has 3 N–H and O–H groups in total. The number of allylic oxidation sites excluding steroid dienone is 4. The number of hydrogen-bond donors (Lipinski definition) is 2. The maximum atomic E-state index is 8.28. The summed E-state index contributed by atoms with van der Waals surface area (Å²) < 4.78 is 0. The maximum Gasteiger partial charge on any atom is 0.0847 e. The number of nitrogens with one attached hydrogen (secondary N) is 1. The zero-order chi connectivity index (χ0) is 14.7. The van der Waals surface area contributed by atoms with Gasteiger partial charge in [0, 0.05) is 5.57 Å². The fourth-order valence-electron chi connectivity index (χ4n) is 2.47. The molecular formula is C19H16N2. The van der Waals surface area contributed by atoms with Crippen molar-refractivity contribution in [3.05, 3.63) is 101 Å². The van der Waals surface area contributed by atoms with Gasteiger partial charge < -0.3 is 5.73 Å². The molecule has 0 radical (unpaired) electrons. The molecule has 0 unspecified atom stereocenters. The van der Waals surface area contributed by atoms with Gasteiger partial charge in [0.25, 0.3) is 0 Å². The van der Waals surface area contributed by atoms with E-state index in [-0.39, 0.29) is 0 Å². The first-order chi connectivity index (χ1) is 10.3. The van der Waals surface area contributed by atoms with Crippen molar-refractivity contribution in [1.82, 2.24) is 0 Å². The Labute approximate surface area is 124 Å². The van der Waals surface area contributed by atoms with Gasteiger partial charge in [-0.25, -0.2) is 0 Å². The standard InChI is InChI=1S/C19H16N2/c20-17-13-7-12-16(19(17)21)18(14-8-3-1-4-9-14)15-10-5-2-6-11-15/h1-13,21H,20H2. The van der Waals surface area contributed by atoms with Crippen molar-refractivity contribution < 1.29 is 0 Å². The van der Waals surface area contributed by atoms with Crippen LogP contribution in [0.3, 0.4) is 0 Å². The van der Waals surface area contributed by atoms with Gasteiger partial charge in [0.05, 0.1) is 11.4 Å². The Morgan fingerprint density at radius 3 is 1.86 bits per heavy atom. The molecule has 21 heavy (non-hydrogen) atoms. The number of benzene rings is 2. The third-order valence-corrected chi connectivity index (χ3v) is 3.49. The third kappa shape index (κ3) is 2.56. The number of hydrogen-bond acceptors (Lipinski definition) is 2. The molecule has 1 aliphatic rings. The summed E-state index contributed by atoms with van der Waals surface area (Å²) >= 11 is 0. The number of nitrogens with two attached hydrogens (primary N) is 1. The molecule has 0 atom stereocenters. The highest BCUT2D eigenvalue weighted by Crippen LogP contribution is 2.30. The lowest BCUT2D eigenvalue weighted by molar-refractivity contribution is 1.37. The summed E-state index contributed by atoms with van der Waals surface area (Å²) in [5.74, 6) is 0. The molecule has 1 aliphatic carbocycles. The van der Waals surface area contributed by atoms with Crippen LogP contribution in [0.15, 0.2) is 90.2 Å². The van der Waals surface area contributed by atoms with Gasteiger partial charge in [0.1, 0.15) is 0 Å². The Bertz CT molecular complexity index is 709. The quantitative estimate of drug-likeness (QED) is 0.855. The van der Waals surface area contributed by atoms with Crippen LogP contribution in [0.1, 0.15) is 11.1 Å². The summed E-state index contributed by atoms with van der Waals surface area (Å²) in [7, 11) is 0. The van der Waals surface area contributed by atoms with E-state index in [1.807, 2.05) is 48.6 Å². The molecule has 0 heterocycles. The molecule has 3 rings (SSSR count). The normalized spacial score (nSPS) is 14.0. The largest absolute Gasteiger partial charge is 0.397 e. The predicted octanol–water partition coefficient (Wildman–Crippen LogP) is 3.92. The van der Waals surface area contributed by atoms with Crippen molar-refractivity contribution >= 4 is 11.3 Å².